The van der Waals surface area contributed by atoms with Gasteiger partial charge in [0.1, 0.15) is 18.0 Å². The molecular formula is C27H30N6O3. The van der Waals surface area contributed by atoms with Crippen molar-refractivity contribution in [3.8, 4) is 23.1 Å². The standard InChI is InChI=1S/C27H30N6O3/c1-18-13-33(19(2)16-34)27(35)24-8-23(22-6-4-20(9-28)5-7-22)12-31-26(24)36-25(18)15-32(3)14-21-10-29-17-30-11-21/h4-8,10-12,17-19,25,34H,13-16H2,1-3H3/t18-,19-,25-/m0/s1. The van der Waals surface area contributed by atoms with Crippen LogP contribution >= 0.6 is 0 Å². The maximum atomic E-state index is 13.6. The van der Waals surface area contributed by atoms with Crippen molar-refractivity contribution in [3.05, 3.63) is 71.9 Å². The monoisotopic (exact) mass is 486 g/mol. The zero-order valence-electron chi connectivity index (χ0n) is 20.7. The molecule has 4 rings (SSSR count). The largest absolute Gasteiger partial charge is 0.472 e. The van der Waals surface area contributed by atoms with Crippen LogP contribution in [-0.2, 0) is 6.54 Å². The van der Waals surface area contributed by atoms with Gasteiger partial charge in [0.2, 0.25) is 5.88 Å². The first-order chi connectivity index (χ1) is 17.4. The highest BCUT2D eigenvalue weighted by Gasteiger charge is 2.34. The number of aromatic nitrogens is 3. The minimum atomic E-state index is -0.357. The molecule has 9 heteroatoms. The van der Waals surface area contributed by atoms with E-state index in [1.165, 1.54) is 6.33 Å². The first kappa shape index (κ1) is 25.2. The summed E-state index contributed by atoms with van der Waals surface area (Å²) in [5.41, 5.74) is 3.50. The van der Waals surface area contributed by atoms with Gasteiger partial charge >= 0.3 is 0 Å². The van der Waals surface area contributed by atoms with Crippen LogP contribution < -0.4 is 4.74 Å². The summed E-state index contributed by atoms with van der Waals surface area (Å²) in [7, 11) is 2.00. The number of aliphatic hydroxyl groups excluding tert-OH is 1. The molecule has 1 aromatic carbocycles. The predicted molar refractivity (Wildman–Crippen MR) is 134 cm³/mol. The minimum Gasteiger partial charge on any atom is -0.472 e. The summed E-state index contributed by atoms with van der Waals surface area (Å²) in [6, 6.07) is 10.7. The van der Waals surface area contributed by atoms with E-state index in [1.807, 2.05) is 33.0 Å². The van der Waals surface area contributed by atoms with Crippen LogP contribution in [-0.4, -0.2) is 74.7 Å². The molecule has 1 amide bonds. The number of pyridine rings is 1. The number of rotatable bonds is 7. The van der Waals surface area contributed by atoms with Gasteiger partial charge in [0.15, 0.2) is 0 Å². The van der Waals surface area contributed by atoms with E-state index in [1.54, 1.807) is 41.7 Å². The first-order valence-electron chi connectivity index (χ1n) is 11.9. The van der Waals surface area contributed by atoms with E-state index in [9.17, 15) is 9.90 Å². The first-order valence-corrected chi connectivity index (χ1v) is 11.9. The molecular weight excluding hydrogens is 456 g/mol. The number of carbonyl (C=O) groups excluding carboxylic acids is 1. The molecule has 186 valence electrons. The molecule has 0 fully saturated rings. The second-order valence-electron chi connectivity index (χ2n) is 9.33. The number of likely N-dealkylation sites (N-methyl/N-ethyl adjacent to an activating group) is 1. The number of hydrogen-bond acceptors (Lipinski definition) is 8. The van der Waals surface area contributed by atoms with Gasteiger partial charge in [-0.15, -0.1) is 0 Å². The Balaban J connectivity index is 1.66. The third-order valence-corrected chi connectivity index (χ3v) is 6.43. The molecule has 0 bridgehead atoms. The van der Waals surface area contributed by atoms with Crippen molar-refractivity contribution < 1.29 is 14.6 Å². The van der Waals surface area contributed by atoms with E-state index in [2.05, 4.69) is 25.9 Å². The van der Waals surface area contributed by atoms with Crippen LogP contribution in [0.4, 0.5) is 0 Å². The van der Waals surface area contributed by atoms with E-state index < -0.39 is 0 Å². The lowest BCUT2D eigenvalue weighted by molar-refractivity contribution is 0.0325. The maximum absolute atomic E-state index is 13.6. The van der Waals surface area contributed by atoms with Crippen LogP contribution in [0, 0.1) is 17.2 Å². The van der Waals surface area contributed by atoms with Gasteiger partial charge in [-0.05, 0) is 37.7 Å². The fraction of sp³-hybridized carbons (Fsp3) is 0.370. The van der Waals surface area contributed by atoms with Crippen LogP contribution in [0.3, 0.4) is 0 Å². The average molecular weight is 487 g/mol. The molecule has 3 aromatic rings. The summed E-state index contributed by atoms with van der Waals surface area (Å²) < 4.78 is 6.38. The quantitative estimate of drug-likeness (QED) is 0.542. The summed E-state index contributed by atoms with van der Waals surface area (Å²) >= 11 is 0. The molecule has 0 saturated heterocycles. The molecule has 9 nitrogen and oxygen atoms in total. The Bertz CT molecular complexity index is 1230. The fourth-order valence-electron chi connectivity index (χ4n) is 4.31. The number of fused-ring (bicyclic) bond motifs is 1. The van der Waals surface area contributed by atoms with Gasteiger partial charge in [-0.3, -0.25) is 9.69 Å². The van der Waals surface area contributed by atoms with Crippen LogP contribution in [0.2, 0.25) is 0 Å². The molecule has 1 N–H and O–H groups in total. The van der Waals surface area contributed by atoms with E-state index in [4.69, 9.17) is 10.00 Å². The lowest BCUT2D eigenvalue weighted by Crippen LogP contribution is -2.49. The number of nitriles is 1. The van der Waals surface area contributed by atoms with E-state index in [0.29, 0.717) is 30.8 Å². The van der Waals surface area contributed by atoms with Crippen molar-refractivity contribution >= 4 is 5.91 Å². The molecule has 0 aliphatic carbocycles. The lowest BCUT2D eigenvalue weighted by atomic mass is 9.99. The van der Waals surface area contributed by atoms with E-state index >= 15 is 0 Å². The Morgan fingerprint density at radius 3 is 2.61 bits per heavy atom. The van der Waals surface area contributed by atoms with Crippen LogP contribution in [0.1, 0.15) is 35.3 Å². The Hall–Kier alpha value is -3.87. The highest BCUT2D eigenvalue weighted by molar-refractivity contribution is 5.98. The highest BCUT2D eigenvalue weighted by Crippen LogP contribution is 2.30. The van der Waals surface area contributed by atoms with Crippen molar-refractivity contribution in [1.82, 2.24) is 24.8 Å². The number of amides is 1. The van der Waals surface area contributed by atoms with Gasteiger partial charge in [0, 0.05) is 55.3 Å². The number of hydrogen-bond donors (Lipinski definition) is 1. The van der Waals surface area contributed by atoms with Crippen molar-refractivity contribution in [3.63, 3.8) is 0 Å². The highest BCUT2D eigenvalue weighted by atomic mass is 16.5. The zero-order valence-corrected chi connectivity index (χ0v) is 20.7. The van der Waals surface area contributed by atoms with Crippen molar-refractivity contribution in [2.24, 2.45) is 5.92 Å². The molecule has 1 aliphatic heterocycles. The van der Waals surface area contributed by atoms with Crippen LogP contribution in [0.15, 0.2) is 55.2 Å². The number of carbonyl (C=O) groups is 1. The molecule has 3 atom stereocenters. The third-order valence-electron chi connectivity index (χ3n) is 6.43. The Morgan fingerprint density at radius 1 is 1.22 bits per heavy atom. The Labute approximate surface area is 211 Å². The summed E-state index contributed by atoms with van der Waals surface area (Å²) in [4.78, 5) is 30.2. The SMILES string of the molecule is C[C@H]1CN([C@@H](C)CO)C(=O)c2cc(-c3ccc(C#N)cc3)cnc2O[C@H]1CN(C)Cc1cncnc1. The van der Waals surface area contributed by atoms with E-state index in [-0.39, 0.29) is 36.5 Å². The molecule has 0 saturated carbocycles. The average Bonchev–Trinajstić information content (AvgIpc) is 2.90. The normalized spacial score (nSPS) is 18.6. The second kappa shape index (κ2) is 11.2. The summed E-state index contributed by atoms with van der Waals surface area (Å²) in [6.45, 7) is 5.43. The number of aliphatic hydroxyl groups is 1. The van der Waals surface area contributed by atoms with Gasteiger partial charge in [-0.25, -0.2) is 15.0 Å². The molecule has 0 radical (unpaired) electrons. The zero-order chi connectivity index (χ0) is 25.7. The van der Waals surface area contributed by atoms with E-state index in [0.717, 1.165) is 16.7 Å². The molecule has 36 heavy (non-hydrogen) atoms. The third kappa shape index (κ3) is 5.67. The van der Waals surface area contributed by atoms with Gasteiger partial charge < -0.3 is 14.7 Å². The van der Waals surface area contributed by atoms with Crippen LogP contribution in [0.5, 0.6) is 5.88 Å². The summed E-state index contributed by atoms with van der Waals surface area (Å²) in [6.07, 6.45) is 6.52. The number of ether oxygens (including phenoxy) is 1. The molecule has 1 aliphatic rings. The smallest absolute Gasteiger partial charge is 0.259 e. The molecule has 2 aromatic heterocycles. The van der Waals surface area contributed by atoms with Crippen molar-refractivity contribution in [2.45, 2.75) is 32.5 Å². The Morgan fingerprint density at radius 2 is 1.94 bits per heavy atom. The summed E-state index contributed by atoms with van der Waals surface area (Å²) in [5, 5.41) is 19.0. The minimum absolute atomic E-state index is 0.00873. The van der Waals surface area contributed by atoms with Gasteiger partial charge in [0.25, 0.3) is 5.91 Å². The maximum Gasteiger partial charge on any atom is 0.259 e. The molecule has 0 unspecified atom stereocenters. The van der Waals surface area contributed by atoms with Gasteiger partial charge in [-0.2, -0.15) is 5.26 Å². The van der Waals surface area contributed by atoms with Crippen molar-refractivity contribution in [1.29, 1.82) is 5.26 Å². The molecule has 0 spiro atoms. The predicted octanol–water partition coefficient (Wildman–Crippen LogP) is 2.76. The van der Waals surface area contributed by atoms with Gasteiger partial charge in [0.05, 0.1) is 24.3 Å². The Kier molecular flexibility index (Phi) is 7.88. The number of nitrogens with zero attached hydrogens (tertiary/aromatic N) is 6. The number of benzene rings is 1. The topological polar surface area (TPSA) is 115 Å². The molecule has 3 heterocycles. The second-order valence-corrected chi connectivity index (χ2v) is 9.33. The summed E-state index contributed by atoms with van der Waals surface area (Å²) in [5.74, 6) is 0.0424. The van der Waals surface area contributed by atoms with Crippen molar-refractivity contribution in [2.75, 3.05) is 26.7 Å². The van der Waals surface area contributed by atoms with Gasteiger partial charge in [-0.1, -0.05) is 19.1 Å². The van der Waals surface area contributed by atoms with Crippen LogP contribution in [0.25, 0.3) is 11.1 Å². The lowest BCUT2D eigenvalue weighted by Gasteiger charge is -2.37. The fourth-order valence-corrected chi connectivity index (χ4v) is 4.31.